The lowest BCUT2D eigenvalue weighted by Crippen LogP contribution is -2.18. The monoisotopic (exact) mass is 242 g/mol. The van der Waals surface area contributed by atoms with E-state index in [4.69, 9.17) is 0 Å². The van der Waals surface area contributed by atoms with Crippen LogP contribution in [0.1, 0.15) is 21.6 Å². The largest absolute Gasteiger partial charge is 0.291 e. The zero-order chi connectivity index (χ0) is 13.0. The summed E-state index contributed by atoms with van der Waals surface area (Å²) in [4.78, 5) is 11.6. The van der Waals surface area contributed by atoms with Crippen molar-refractivity contribution in [3.63, 3.8) is 0 Å². The third kappa shape index (κ3) is 3.04. The first-order chi connectivity index (χ1) is 8.65. The van der Waals surface area contributed by atoms with Gasteiger partial charge in [-0.2, -0.15) is 10.2 Å². The Morgan fingerprint density at radius 2 is 2.06 bits per heavy atom. The number of nitrogens with one attached hydrogen (secondary N) is 1. The van der Waals surface area contributed by atoms with E-state index in [9.17, 15) is 4.79 Å². The van der Waals surface area contributed by atoms with Crippen molar-refractivity contribution in [1.82, 2.24) is 15.2 Å². The summed E-state index contributed by atoms with van der Waals surface area (Å²) in [6, 6.07) is 9.48. The lowest BCUT2D eigenvalue weighted by molar-refractivity contribution is 0.0949. The molecule has 5 nitrogen and oxygen atoms in total. The molecule has 0 aliphatic rings. The van der Waals surface area contributed by atoms with Crippen molar-refractivity contribution in [3.05, 3.63) is 53.3 Å². The van der Waals surface area contributed by atoms with Gasteiger partial charge in [-0.1, -0.05) is 29.8 Å². The summed E-state index contributed by atoms with van der Waals surface area (Å²) < 4.78 is 1.57. The number of aryl methyl sites for hydroxylation is 2. The van der Waals surface area contributed by atoms with Crippen LogP contribution < -0.4 is 5.43 Å². The van der Waals surface area contributed by atoms with Gasteiger partial charge < -0.3 is 0 Å². The van der Waals surface area contributed by atoms with Crippen LogP contribution in [0.3, 0.4) is 0 Å². The first-order valence-electron chi connectivity index (χ1n) is 5.55. The first-order valence-corrected chi connectivity index (χ1v) is 5.55. The van der Waals surface area contributed by atoms with E-state index in [2.05, 4.69) is 15.6 Å². The molecule has 0 atom stereocenters. The van der Waals surface area contributed by atoms with Crippen molar-refractivity contribution in [2.45, 2.75) is 6.92 Å². The van der Waals surface area contributed by atoms with Crippen molar-refractivity contribution >= 4 is 12.1 Å². The van der Waals surface area contributed by atoms with E-state index < -0.39 is 0 Å². The fourth-order valence-electron chi connectivity index (χ4n) is 1.41. The van der Waals surface area contributed by atoms with E-state index in [-0.39, 0.29) is 5.91 Å². The zero-order valence-electron chi connectivity index (χ0n) is 10.3. The second-order valence-electron chi connectivity index (χ2n) is 3.98. The van der Waals surface area contributed by atoms with Crippen molar-refractivity contribution in [1.29, 1.82) is 0 Å². The Labute approximate surface area is 105 Å². The van der Waals surface area contributed by atoms with Crippen LogP contribution in [0.4, 0.5) is 0 Å². The summed E-state index contributed by atoms with van der Waals surface area (Å²) in [5.74, 6) is -0.320. The Kier molecular flexibility index (Phi) is 3.52. The van der Waals surface area contributed by atoms with Crippen molar-refractivity contribution in [3.8, 4) is 0 Å². The summed E-state index contributed by atoms with van der Waals surface area (Å²) in [7, 11) is 1.76. The highest BCUT2D eigenvalue weighted by atomic mass is 16.2. The van der Waals surface area contributed by atoms with E-state index in [1.165, 1.54) is 5.56 Å². The van der Waals surface area contributed by atoms with Gasteiger partial charge in [-0.05, 0) is 18.6 Å². The Hall–Kier alpha value is -2.43. The third-order valence-electron chi connectivity index (χ3n) is 2.40. The first kappa shape index (κ1) is 12.0. The number of hydrazone groups is 1. The number of rotatable bonds is 3. The molecule has 0 fully saturated rings. The molecule has 0 radical (unpaired) electrons. The Balaban J connectivity index is 1.95. The third-order valence-corrected chi connectivity index (χ3v) is 2.40. The van der Waals surface area contributed by atoms with Crippen LogP contribution in [0.2, 0.25) is 0 Å². The number of nitrogens with zero attached hydrogens (tertiary/aromatic N) is 3. The van der Waals surface area contributed by atoms with Crippen LogP contribution in [-0.2, 0) is 7.05 Å². The molecule has 0 saturated heterocycles. The van der Waals surface area contributed by atoms with Crippen molar-refractivity contribution in [2.24, 2.45) is 12.1 Å². The molecule has 1 N–H and O–H groups in total. The summed E-state index contributed by atoms with van der Waals surface area (Å²) in [5.41, 5.74) is 4.89. The van der Waals surface area contributed by atoms with Gasteiger partial charge in [0.1, 0.15) is 0 Å². The molecule has 1 aromatic heterocycles. The Bertz CT molecular complexity index is 569. The molecule has 92 valence electrons. The highest BCUT2D eigenvalue weighted by Gasteiger charge is 2.06. The molecule has 1 aromatic carbocycles. The highest BCUT2D eigenvalue weighted by Crippen LogP contribution is 2.00. The van der Waals surface area contributed by atoms with Crippen LogP contribution in [0.25, 0.3) is 0 Å². The molecule has 0 saturated carbocycles. The van der Waals surface area contributed by atoms with Gasteiger partial charge in [-0.25, -0.2) is 5.43 Å². The number of hydrogen-bond acceptors (Lipinski definition) is 3. The maximum absolute atomic E-state index is 11.6. The maximum atomic E-state index is 11.6. The van der Waals surface area contributed by atoms with Gasteiger partial charge in [0.05, 0.1) is 6.21 Å². The standard InChI is InChI=1S/C13H14N4O/c1-10-3-5-11(6-4-10)9-14-15-13(18)12-7-8-17(2)16-12/h3-9H,1-2H3,(H,15,18)/b14-9+. The summed E-state index contributed by atoms with van der Waals surface area (Å²) >= 11 is 0. The maximum Gasteiger partial charge on any atom is 0.291 e. The summed E-state index contributed by atoms with van der Waals surface area (Å²) in [6.45, 7) is 2.02. The summed E-state index contributed by atoms with van der Waals surface area (Å²) in [6.07, 6.45) is 3.30. The lowest BCUT2D eigenvalue weighted by Gasteiger charge is -1.96. The minimum absolute atomic E-state index is 0.320. The van der Waals surface area contributed by atoms with Gasteiger partial charge in [0, 0.05) is 13.2 Å². The minimum atomic E-state index is -0.320. The second-order valence-corrected chi connectivity index (χ2v) is 3.98. The number of carbonyl (C=O) groups excluding carboxylic acids is 1. The molecule has 5 heteroatoms. The molecule has 1 heterocycles. The smallest absolute Gasteiger partial charge is 0.275 e. The zero-order valence-corrected chi connectivity index (χ0v) is 10.3. The van der Waals surface area contributed by atoms with Crippen LogP contribution in [0.15, 0.2) is 41.6 Å². The molecular formula is C13H14N4O. The second kappa shape index (κ2) is 5.27. The number of aromatic nitrogens is 2. The normalized spacial score (nSPS) is 10.8. The van der Waals surface area contributed by atoms with E-state index >= 15 is 0 Å². The molecule has 0 aliphatic carbocycles. The number of amides is 1. The van der Waals surface area contributed by atoms with Crippen LogP contribution in [-0.4, -0.2) is 21.9 Å². The van der Waals surface area contributed by atoms with Crippen LogP contribution in [0, 0.1) is 6.92 Å². The Morgan fingerprint density at radius 1 is 1.33 bits per heavy atom. The quantitative estimate of drug-likeness (QED) is 0.655. The van der Waals surface area contributed by atoms with E-state index in [1.807, 2.05) is 31.2 Å². The SMILES string of the molecule is Cc1ccc(/C=N/NC(=O)c2ccn(C)n2)cc1. The van der Waals surface area contributed by atoms with Crippen molar-refractivity contribution in [2.75, 3.05) is 0 Å². The molecule has 0 spiro atoms. The fourth-order valence-corrected chi connectivity index (χ4v) is 1.41. The van der Waals surface area contributed by atoms with Gasteiger partial charge in [-0.15, -0.1) is 0 Å². The predicted octanol–water partition coefficient (Wildman–Crippen LogP) is 1.49. The fraction of sp³-hybridized carbons (Fsp3) is 0.154. The number of benzene rings is 1. The van der Waals surface area contributed by atoms with Gasteiger partial charge in [0.15, 0.2) is 5.69 Å². The molecule has 0 bridgehead atoms. The van der Waals surface area contributed by atoms with Crippen LogP contribution >= 0.6 is 0 Å². The highest BCUT2D eigenvalue weighted by molar-refractivity contribution is 5.92. The molecule has 18 heavy (non-hydrogen) atoms. The van der Waals surface area contributed by atoms with E-state index in [0.717, 1.165) is 5.56 Å². The van der Waals surface area contributed by atoms with E-state index in [1.54, 1.807) is 30.2 Å². The topological polar surface area (TPSA) is 59.3 Å². The number of carbonyl (C=O) groups is 1. The lowest BCUT2D eigenvalue weighted by atomic mass is 10.2. The van der Waals surface area contributed by atoms with E-state index in [0.29, 0.717) is 5.69 Å². The Morgan fingerprint density at radius 3 is 2.67 bits per heavy atom. The predicted molar refractivity (Wildman–Crippen MR) is 69.4 cm³/mol. The number of hydrogen-bond donors (Lipinski definition) is 1. The molecule has 0 aliphatic heterocycles. The molecule has 2 rings (SSSR count). The molecule has 0 unspecified atom stereocenters. The minimum Gasteiger partial charge on any atom is -0.275 e. The van der Waals surface area contributed by atoms with Gasteiger partial charge in [0.2, 0.25) is 0 Å². The van der Waals surface area contributed by atoms with Crippen molar-refractivity contribution < 1.29 is 4.79 Å². The molecule has 1 amide bonds. The average Bonchev–Trinajstić information content (AvgIpc) is 2.78. The van der Waals surface area contributed by atoms with Gasteiger partial charge in [0.25, 0.3) is 5.91 Å². The average molecular weight is 242 g/mol. The summed E-state index contributed by atoms with van der Waals surface area (Å²) in [5, 5.41) is 7.86. The van der Waals surface area contributed by atoms with Crippen LogP contribution in [0.5, 0.6) is 0 Å². The van der Waals surface area contributed by atoms with Gasteiger partial charge >= 0.3 is 0 Å². The van der Waals surface area contributed by atoms with Gasteiger partial charge in [-0.3, -0.25) is 9.48 Å². The molecular weight excluding hydrogens is 228 g/mol. The molecule has 2 aromatic rings.